The Hall–Kier alpha value is -3.47. The Morgan fingerprint density at radius 3 is 2.60 bits per heavy atom. The number of ether oxygens (including phenoxy) is 1. The van der Waals surface area contributed by atoms with Gasteiger partial charge in [0.05, 0.1) is 12.8 Å². The van der Waals surface area contributed by atoms with E-state index in [2.05, 4.69) is 20.3 Å². The fourth-order valence-corrected chi connectivity index (χ4v) is 5.01. The van der Waals surface area contributed by atoms with Gasteiger partial charge in [0, 0.05) is 55.1 Å². The number of amides is 2. The fraction of sp³-hybridized carbons (Fsp3) is 0.250. The molecule has 2 aromatic heterocycles. The number of rotatable bonds is 5. The van der Waals surface area contributed by atoms with Gasteiger partial charge in [-0.15, -0.1) is 0 Å². The molecule has 0 bridgehead atoms. The van der Waals surface area contributed by atoms with Crippen molar-refractivity contribution in [2.45, 2.75) is 6.54 Å². The number of urea groups is 1. The summed E-state index contributed by atoms with van der Waals surface area (Å²) in [5, 5.41) is 8.61. The molecule has 1 aliphatic heterocycles. The lowest BCUT2D eigenvalue weighted by atomic mass is 10.2. The van der Waals surface area contributed by atoms with E-state index in [4.69, 9.17) is 16.3 Å². The quantitative estimate of drug-likeness (QED) is 0.438. The van der Waals surface area contributed by atoms with Gasteiger partial charge in [-0.3, -0.25) is 9.69 Å². The predicted octanol–water partition coefficient (Wildman–Crippen LogP) is 3.83. The monoisotopic (exact) mass is 510 g/mol. The van der Waals surface area contributed by atoms with Crippen LogP contribution in [0.3, 0.4) is 0 Å². The maximum absolute atomic E-state index is 12.7. The smallest absolute Gasteiger partial charge is 0.321 e. The van der Waals surface area contributed by atoms with Gasteiger partial charge in [-0.2, -0.15) is 9.61 Å². The minimum absolute atomic E-state index is 0.152. The predicted molar refractivity (Wildman–Crippen MR) is 136 cm³/mol. The average Bonchev–Trinajstić information content (AvgIpc) is 3.29. The molecule has 1 aliphatic rings. The molecule has 0 atom stereocenters. The Balaban J connectivity index is 1.23. The van der Waals surface area contributed by atoms with Crippen LogP contribution >= 0.6 is 22.9 Å². The van der Waals surface area contributed by atoms with E-state index in [9.17, 15) is 9.59 Å². The van der Waals surface area contributed by atoms with Gasteiger partial charge in [0.25, 0.3) is 5.56 Å². The van der Waals surface area contributed by atoms with Crippen molar-refractivity contribution in [1.82, 2.24) is 24.4 Å². The minimum atomic E-state index is -0.208. The van der Waals surface area contributed by atoms with Crippen molar-refractivity contribution < 1.29 is 9.53 Å². The summed E-state index contributed by atoms with van der Waals surface area (Å²) in [5.74, 6) is 0.759. The number of hydrogen-bond donors (Lipinski definition) is 1. The molecule has 11 heteroatoms. The number of benzene rings is 2. The molecule has 4 aromatic rings. The van der Waals surface area contributed by atoms with E-state index in [-0.39, 0.29) is 11.6 Å². The molecule has 0 unspecified atom stereocenters. The summed E-state index contributed by atoms with van der Waals surface area (Å²) < 4.78 is 6.54. The number of carbonyl (C=O) groups excluding carboxylic acids is 1. The first-order valence-corrected chi connectivity index (χ1v) is 12.3. The number of hydrogen-bond acceptors (Lipinski definition) is 7. The standard InChI is InChI=1S/C24H23ClN6O3S/c1-34-20-7-5-16(6-8-20)22-28-31-21(32)14-19(27-24(31)35-22)15-29-9-11-30(12-10-29)23(33)26-18-4-2-3-17(25)13-18/h2-8,13-14H,9-12,15H2,1H3,(H,26,33). The Bertz CT molecular complexity index is 1410. The Kier molecular flexibility index (Phi) is 6.67. The van der Waals surface area contributed by atoms with E-state index in [0.717, 1.165) is 11.3 Å². The SMILES string of the molecule is COc1ccc(-c2nn3c(=O)cc(CN4CCN(C(=O)Nc5cccc(Cl)c5)CC4)nc3s2)cc1. The van der Waals surface area contributed by atoms with Crippen molar-refractivity contribution >= 4 is 39.6 Å². The molecule has 5 rings (SSSR count). The van der Waals surface area contributed by atoms with Crippen molar-refractivity contribution in [3.05, 3.63) is 75.7 Å². The molecule has 0 radical (unpaired) electrons. The molecule has 2 amide bonds. The highest BCUT2D eigenvalue weighted by molar-refractivity contribution is 7.19. The van der Waals surface area contributed by atoms with Crippen molar-refractivity contribution in [2.75, 3.05) is 38.6 Å². The van der Waals surface area contributed by atoms with Gasteiger partial charge in [-0.05, 0) is 42.5 Å². The highest BCUT2D eigenvalue weighted by Gasteiger charge is 2.22. The van der Waals surface area contributed by atoms with Crippen LogP contribution in [0.5, 0.6) is 5.75 Å². The second-order valence-corrected chi connectivity index (χ2v) is 9.51. The summed E-state index contributed by atoms with van der Waals surface area (Å²) in [6.45, 7) is 3.06. The van der Waals surface area contributed by atoms with E-state index in [1.165, 1.54) is 21.9 Å². The van der Waals surface area contributed by atoms with Crippen molar-refractivity contribution in [3.63, 3.8) is 0 Å². The third kappa shape index (κ3) is 5.29. The molecule has 0 aliphatic carbocycles. The maximum Gasteiger partial charge on any atom is 0.321 e. The summed E-state index contributed by atoms with van der Waals surface area (Å²) in [6.07, 6.45) is 0. The molecule has 3 heterocycles. The van der Waals surface area contributed by atoms with Crippen LogP contribution in [-0.2, 0) is 6.54 Å². The first-order valence-electron chi connectivity index (χ1n) is 11.1. The molecular weight excluding hydrogens is 488 g/mol. The van der Waals surface area contributed by atoms with Crippen LogP contribution in [-0.4, -0.2) is 63.7 Å². The van der Waals surface area contributed by atoms with Crippen molar-refractivity contribution in [3.8, 4) is 16.3 Å². The van der Waals surface area contributed by atoms with Crippen LogP contribution < -0.4 is 15.6 Å². The second kappa shape index (κ2) is 10.0. The van der Waals surface area contributed by atoms with Gasteiger partial charge < -0.3 is 15.0 Å². The first kappa shape index (κ1) is 23.3. The van der Waals surface area contributed by atoms with Gasteiger partial charge in [0.15, 0.2) is 0 Å². The highest BCUT2D eigenvalue weighted by atomic mass is 35.5. The highest BCUT2D eigenvalue weighted by Crippen LogP contribution is 2.26. The first-order chi connectivity index (χ1) is 17.0. The summed E-state index contributed by atoms with van der Waals surface area (Å²) in [6, 6.07) is 16.0. The normalized spacial score (nSPS) is 14.3. The van der Waals surface area contributed by atoms with Crippen molar-refractivity contribution in [2.24, 2.45) is 0 Å². The molecule has 0 saturated carbocycles. The Morgan fingerprint density at radius 1 is 1.11 bits per heavy atom. The summed E-state index contributed by atoms with van der Waals surface area (Å²) in [5.41, 5.74) is 2.05. The van der Waals surface area contributed by atoms with E-state index < -0.39 is 0 Å². The van der Waals surface area contributed by atoms with Crippen LogP contribution in [0.1, 0.15) is 5.69 Å². The fourth-order valence-electron chi connectivity index (χ4n) is 3.89. The lowest BCUT2D eigenvalue weighted by Crippen LogP contribution is -2.49. The third-order valence-corrected chi connectivity index (χ3v) is 6.95. The van der Waals surface area contributed by atoms with Crippen LogP contribution in [0.4, 0.5) is 10.5 Å². The van der Waals surface area contributed by atoms with E-state index in [1.807, 2.05) is 24.3 Å². The molecule has 1 fully saturated rings. The average molecular weight is 511 g/mol. The number of nitrogens with one attached hydrogen (secondary N) is 1. The molecule has 1 saturated heterocycles. The molecule has 180 valence electrons. The number of fused-ring (bicyclic) bond motifs is 1. The van der Waals surface area contributed by atoms with E-state index in [1.54, 1.807) is 36.3 Å². The van der Waals surface area contributed by atoms with Gasteiger partial charge in [0.1, 0.15) is 10.8 Å². The van der Waals surface area contributed by atoms with Gasteiger partial charge in [-0.25, -0.2) is 9.78 Å². The third-order valence-electron chi connectivity index (χ3n) is 5.76. The number of carbonyl (C=O) groups is 1. The van der Waals surface area contributed by atoms with Gasteiger partial charge >= 0.3 is 6.03 Å². The van der Waals surface area contributed by atoms with Gasteiger partial charge in [-0.1, -0.05) is 29.0 Å². The molecular formula is C24H23ClN6O3S. The van der Waals surface area contributed by atoms with Gasteiger partial charge in [0.2, 0.25) is 4.96 Å². The summed E-state index contributed by atoms with van der Waals surface area (Å²) >= 11 is 7.36. The number of nitrogens with zero attached hydrogens (tertiary/aromatic N) is 5. The van der Waals surface area contributed by atoms with E-state index >= 15 is 0 Å². The zero-order valence-corrected chi connectivity index (χ0v) is 20.6. The number of anilines is 1. The Morgan fingerprint density at radius 2 is 1.89 bits per heavy atom. The number of halogens is 1. The number of piperazine rings is 1. The topological polar surface area (TPSA) is 92.1 Å². The lowest BCUT2D eigenvalue weighted by molar-refractivity contribution is 0.142. The molecule has 1 N–H and O–H groups in total. The number of methoxy groups -OCH3 is 1. The van der Waals surface area contributed by atoms with Crippen LogP contribution in [0.25, 0.3) is 15.5 Å². The van der Waals surface area contributed by atoms with Crippen LogP contribution in [0.2, 0.25) is 5.02 Å². The Labute approximate surface area is 210 Å². The summed E-state index contributed by atoms with van der Waals surface area (Å²) in [4.78, 5) is 34.4. The largest absolute Gasteiger partial charge is 0.497 e. The van der Waals surface area contributed by atoms with Crippen LogP contribution in [0, 0.1) is 0 Å². The second-order valence-electron chi connectivity index (χ2n) is 8.12. The zero-order valence-electron chi connectivity index (χ0n) is 19.0. The minimum Gasteiger partial charge on any atom is -0.497 e. The molecule has 0 spiro atoms. The van der Waals surface area contributed by atoms with Crippen molar-refractivity contribution in [1.29, 1.82) is 0 Å². The molecule has 2 aromatic carbocycles. The summed E-state index contributed by atoms with van der Waals surface area (Å²) in [7, 11) is 1.62. The van der Waals surface area contributed by atoms with Crippen LogP contribution in [0.15, 0.2) is 59.4 Å². The zero-order chi connectivity index (χ0) is 24.4. The number of aromatic nitrogens is 3. The molecule has 35 heavy (non-hydrogen) atoms. The molecule has 9 nitrogen and oxygen atoms in total. The lowest BCUT2D eigenvalue weighted by Gasteiger charge is -2.34. The maximum atomic E-state index is 12.7. The van der Waals surface area contributed by atoms with E-state index in [0.29, 0.717) is 59.1 Å².